The summed E-state index contributed by atoms with van der Waals surface area (Å²) in [6.07, 6.45) is 5.16. The van der Waals surface area contributed by atoms with E-state index in [2.05, 4.69) is 15.0 Å². The van der Waals surface area contributed by atoms with Gasteiger partial charge in [-0.15, -0.1) is 0 Å². The molecule has 2 aromatic rings. The number of carbonyl (C=O) groups excluding carboxylic acids is 3. The lowest BCUT2D eigenvalue weighted by molar-refractivity contribution is -0.123. The molecular weight excluding hydrogens is 502 g/mol. The lowest BCUT2D eigenvalue weighted by Gasteiger charge is -2.34. The predicted octanol–water partition coefficient (Wildman–Crippen LogP) is 4.73. The zero-order valence-corrected chi connectivity index (χ0v) is 22.6. The van der Waals surface area contributed by atoms with Gasteiger partial charge in [-0.3, -0.25) is 9.59 Å². The van der Waals surface area contributed by atoms with Crippen molar-refractivity contribution in [2.75, 3.05) is 33.9 Å². The van der Waals surface area contributed by atoms with E-state index in [1.54, 1.807) is 36.1 Å². The van der Waals surface area contributed by atoms with Crippen molar-refractivity contribution in [1.82, 2.24) is 9.88 Å². The number of H-pyrrole nitrogens is 1. The highest BCUT2D eigenvalue weighted by atomic mass is 16.5. The Morgan fingerprint density at radius 3 is 2.77 bits per heavy atom. The first kappa shape index (κ1) is 27.5. The van der Waals surface area contributed by atoms with Gasteiger partial charge < -0.3 is 24.1 Å². The molecule has 2 aliphatic rings. The van der Waals surface area contributed by atoms with E-state index in [4.69, 9.17) is 19.7 Å². The summed E-state index contributed by atoms with van der Waals surface area (Å²) < 4.78 is 16.2. The molecule has 1 amide bonds. The maximum Gasteiger partial charge on any atom is 0.340 e. The Hall–Kier alpha value is -4.50. The number of aromatic nitrogens is 1. The number of aromatic amines is 1. The van der Waals surface area contributed by atoms with Crippen LogP contribution in [0.2, 0.25) is 0 Å². The molecule has 2 atom stereocenters. The highest BCUT2D eigenvalue weighted by molar-refractivity contribution is 6.11. The topological polar surface area (TPSA) is 147 Å². The largest absolute Gasteiger partial charge is 0.493 e. The lowest BCUT2D eigenvalue weighted by Crippen LogP contribution is -2.36. The fraction of sp³-hybridized carbons (Fsp3) is 0.393. The van der Waals surface area contributed by atoms with Gasteiger partial charge in [0.1, 0.15) is 0 Å². The van der Waals surface area contributed by atoms with Crippen molar-refractivity contribution in [2.24, 2.45) is 11.0 Å². The molecule has 11 heteroatoms. The Labute approximate surface area is 226 Å². The second kappa shape index (κ2) is 11.1. The van der Waals surface area contributed by atoms with Crippen molar-refractivity contribution in [3.63, 3.8) is 0 Å². The van der Waals surface area contributed by atoms with Crippen LogP contribution in [0.1, 0.15) is 57.9 Å². The number of fused-ring (bicyclic) bond motifs is 3. The van der Waals surface area contributed by atoms with E-state index < -0.39 is 11.4 Å². The third-order valence-corrected chi connectivity index (χ3v) is 7.47. The maximum absolute atomic E-state index is 13.4. The summed E-state index contributed by atoms with van der Waals surface area (Å²) >= 11 is 0. The molecule has 2 heterocycles. The summed E-state index contributed by atoms with van der Waals surface area (Å²) in [5, 5.41) is 3.49. The van der Waals surface area contributed by atoms with Crippen LogP contribution < -0.4 is 9.47 Å². The molecule has 39 heavy (non-hydrogen) atoms. The van der Waals surface area contributed by atoms with E-state index in [0.717, 1.165) is 5.56 Å². The first-order valence-electron chi connectivity index (χ1n) is 12.6. The monoisotopic (exact) mass is 533 g/mol. The van der Waals surface area contributed by atoms with Gasteiger partial charge in [0.25, 0.3) is 5.91 Å². The normalized spacial score (nSPS) is 19.7. The average molecular weight is 534 g/mol. The smallest absolute Gasteiger partial charge is 0.340 e. The summed E-state index contributed by atoms with van der Waals surface area (Å²) in [5.41, 5.74) is 10.8. The Bertz CT molecular complexity index is 1430. The van der Waals surface area contributed by atoms with Gasteiger partial charge in [0.15, 0.2) is 11.5 Å². The molecule has 0 saturated carbocycles. The van der Waals surface area contributed by atoms with Crippen molar-refractivity contribution in [1.29, 1.82) is 0 Å². The summed E-state index contributed by atoms with van der Waals surface area (Å²) in [4.78, 5) is 46.6. The number of methoxy groups -OCH3 is 2. The number of ketones is 1. The molecule has 0 unspecified atom stereocenters. The fourth-order valence-electron chi connectivity index (χ4n) is 5.31. The number of carbonyl (C=O) groups is 3. The number of likely N-dealkylation sites (tertiary alicyclic amines) is 1. The number of nitrogens with one attached hydrogen (secondary N) is 1. The first-order valence-corrected chi connectivity index (χ1v) is 12.6. The summed E-state index contributed by atoms with van der Waals surface area (Å²) in [6, 6.07) is 5.30. The molecule has 1 saturated heterocycles. The van der Waals surface area contributed by atoms with Crippen LogP contribution in [0.25, 0.3) is 16.5 Å². The Morgan fingerprint density at radius 2 is 2.08 bits per heavy atom. The van der Waals surface area contributed by atoms with Crippen LogP contribution >= 0.6 is 0 Å². The standard InChI is InChI=1S/C28H31N5O6/c1-16-15-33(22-14-19(34)26-25(28(16,22)3)24(17(2)31-26)27(36)38-5)23(35)10-8-18-7-9-20(37-4)21(13-18)39-12-6-11-30-32-29/h7-10,13-14,16,31H,6,11-12,15H2,1-5H3/b10-8+/t16-,28+/m1/s1. The van der Waals surface area contributed by atoms with Crippen LogP contribution in [0, 0.1) is 12.8 Å². The number of aryl methyl sites for hydroxylation is 1. The van der Waals surface area contributed by atoms with E-state index in [1.807, 2.05) is 13.8 Å². The number of nitrogens with zero attached hydrogens (tertiary/aromatic N) is 4. The second-order valence-electron chi connectivity index (χ2n) is 9.71. The van der Waals surface area contributed by atoms with Gasteiger partial charge in [-0.05, 0) is 55.5 Å². The highest BCUT2D eigenvalue weighted by Gasteiger charge is 2.54. The third kappa shape index (κ3) is 4.88. The molecule has 1 aromatic heterocycles. The van der Waals surface area contributed by atoms with Gasteiger partial charge in [-0.2, -0.15) is 0 Å². The second-order valence-corrected chi connectivity index (χ2v) is 9.71. The number of rotatable bonds is 9. The highest BCUT2D eigenvalue weighted by Crippen LogP contribution is 2.52. The number of azide groups is 1. The van der Waals surface area contributed by atoms with E-state index in [0.29, 0.717) is 65.8 Å². The minimum absolute atomic E-state index is 0.0714. The summed E-state index contributed by atoms with van der Waals surface area (Å²) in [5.74, 6) is -0.125. The average Bonchev–Trinajstić information content (AvgIpc) is 3.42. The van der Waals surface area contributed by atoms with Crippen molar-refractivity contribution in [3.05, 3.63) is 74.6 Å². The van der Waals surface area contributed by atoms with Crippen LogP contribution in [-0.4, -0.2) is 61.5 Å². The molecule has 1 aliphatic heterocycles. The van der Waals surface area contributed by atoms with Gasteiger partial charge in [0, 0.05) is 52.5 Å². The van der Waals surface area contributed by atoms with Crippen molar-refractivity contribution < 1.29 is 28.6 Å². The van der Waals surface area contributed by atoms with E-state index in [1.165, 1.54) is 26.4 Å². The lowest BCUT2D eigenvalue weighted by atomic mass is 9.68. The molecule has 0 spiro atoms. The van der Waals surface area contributed by atoms with Gasteiger partial charge in [-0.1, -0.05) is 18.1 Å². The number of allylic oxidation sites excluding steroid dienone is 2. The zero-order valence-electron chi connectivity index (χ0n) is 22.6. The van der Waals surface area contributed by atoms with Crippen LogP contribution in [-0.2, 0) is 14.9 Å². The Balaban J connectivity index is 1.59. The quantitative estimate of drug-likeness (QED) is 0.123. The van der Waals surface area contributed by atoms with Crippen LogP contribution in [0.15, 0.2) is 41.2 Å². The van der Waals surface area contributed by atoms with Crippen LogP contribution in [0.3, 0.4) is 0 Å². The van der Waals surface area contributed by atoms with E-state index in [9.17, 15) is 14.4 Å². The van der Waals surface area contributed by atoms with E-state index in [-0.39, 0.29) is 17.6 Å². The summed E-state index contributed by atoms with van der Waals surface area (Å²) in [6.45, 7) is 6.74. The van der Waals surface area contributed by atoms with Crippen molar-refractivity contribution in [2.45, 2.75) is 32.6 Å². The number of amides is 1. The molecule has 1 aliphatic carbocycles. The minimum atomic E-state index is -0.738. The van der Waals surface area contributed by atoms with Gasteiger partial charge in [-0.25, -0.2) is 4.79 Å². The number of esters is 1. The number of benzene rings is 1. The molecule has 0 bridgehead atoms. The van der Waals surface area contributed by atoms with Crippen LogP contribution in [0.5, 0.6) is 11.5 Å². The minimum Gasteiger partial charge on any atom is -0.493 e. The zero-order chi connectivity index (χ0) is 28.3. The fourth-order valence-corrected chi connectivity index (χ4v) is 5.31. The van der Waals surface area contributed by atoms with Gasteiger partial charge in [0.05, 0.1) is 32.1 Å². The van der Waals surface area contributed by atoms with Crippen molar-refractivity contribution in [3.8, 4) is 11.5 Å². The van der Waals surface area contributed by atoms with Gasteiger partial charge >= 0.3 is 5.97 Å². The molecular formula is C28H31N5O6. The molecule has 204 valence electrons. The number of ether oxygens (including phenoxy) is 3. The molecule has 11 nitrogen and oxygen atoms in total. The molecule has 1 fully saturated rings. The van der Waals surface area contributed by atoms with Gasteiger partial charge in [0.2, 0.25) is 5.78 Å². The molecule has 0 radical (unpaired) electrons. The number of hydrogen-bond acceptors (Lipinski definition) is 7. The SMILES string of the molecule is COC(=O)c1c(C)[nH]c2c1[C@]1(C)C(=CC2=O)N(C(=O)/C=C/c2ccc(OC)c(OCCCN=[N+]=[N-])c2)C[C@H]1C. The number of hydrogen-bond donors (Lipinski definition) is 1. The predicted molar refractivity (Wildman–Crippen MR) is 144 cm³/mol. The van der Waals surface area contributed by atoms with Crippen molar-refractivity contribution >= 4 is 23.7 Å². The first-order chi connectivity index (χ1) is 18.7. The van der Waals surface area contributed by atoms with Crippen LogP contribution in [0.4, 0.5) is 0 Å². The Kier molecular flexibility index (Phi) is 7.83. The molecule has 4 rings (SSSR count). The Morgan fingerprint density at radius 1 is 1.31 bits per heavy atom. The maximum atomic E-state index is 13.4. The molecule has 1 aromatic carbocycles. The van der Waals surface area contributed by atoms with E-state index >= 15 is 0 Å². The summed E-state index contributed by atoms with van der Waals surface area (Å²) in [7, 11) is 2.84. The molecule has 1 N–H and O–H groups in total. The third-order valence-electron chi connectivity index (χ3n) is 7.47.